The zero-order valence-corrected chi connectivity index (χ0v) is 27.4. The van der Waals surface area contributed by atoms with Crippen molar-refractivity contribution in [3.63, 3.8) is 0 Å². The molecule has 0 saturated heterocycles. The minimum atomic E-state index is -0.536. The van der Waals surface area contributed by atoms with E-state index in [2.05, 4.69) is 29.8 Å². The fourth-order valence-corrected chi connectivity index (χ4v) is 5.64. The van der Waals surface area contributed by atoms with Crippen LogP contribution in [0, 0.1) is 0 Å². The number of benzene rings is 4. The predicted octanol–water partition coefficient (Wildman–Crippen LogP) is 7.75. The first-order chi connectivity index (χ1) is 22.2. The lowest BCUT2D eigenvalue weighted by Gasteiger charge is -2.16. The molecule has 0 spiro atoms. The van der Waals surface area contributed by atoms with E-state index in [-0.39, 0.29) is 16.9 Å². The van der Waals surface area contributed by atoms with Crippen LogP contribution >= 0.6 is 11.8 Å². The average Bonchev–Trinajstić information content (AvgIpc) is 3.07. The van der Waals surface area contributed by atoms with Crippen molar-refractivity contribution in [2.24, 2.45) is 0 Å². The number of anilines is 2. The fourth-order valence-electron chi connectivity index (χ4n) is 4.63. The maximum Gasteiger partial charge on any atom is 0.272 e. The summed E-state index contributed by atoms with van der Waals surface area (Å²) in [6.45, 7) is 6.22. The first-order valence-electron chi connectivity index (χ1n) is 15.0. The van der Waals surface area contributed by atoms with Crippen molar-refractivity contribution in [1.29, 1.82) is 0 Å². The van der Waals surface area contributed by atoms with Gasteiger partial charge in [-0.15, -0.1) is 11.8 Å². The zero-order valence-electron chi connectivity index (χ0n) is 26.6. The average molecular weight is 638 g/mol. The normalized spacial score (nSPS) is 11.8. The second-order valence-electron chi connectivity index (χ2n) is 10.7. The van der Waals surface area contributed by atoms with Gasteiger partial charge in [-0.2, -0.15) is 0 Å². The van der Waals surface area contributed by atoms with E-state index in [4.69, 9.17) is 9.47 Å². The Morgan fingerprint density at radius 1 is 0.804 bits per heavy atom. The Hall–Kier alpha value is -5.02. The lowest BCUT2D eigenvalue weighted by molar-refractivity contribution is -0.116. The number of hydrogen-bond donors (Lipinski definition) is 3. The van der Waals surface area contributed by atoms with E-state index in [0.717, 1.165) is 10.6 Å². The van der Waals surface area contributed by atoms with Gasteiger partial charge >= 0.3 is 0 Å². The molecule has 1 atom stereocenters. The Bertz CT molecular complexity index is 1690. The smallest absolute Gasteiger partial charge is 0.272 e. The Balaban J connectivity index is 1.53. The Morgan fingerprint density at radius 3 is 2.17 bits per heavy atom. The number of nitrogens with one attached hydrogen (secondary N) is 3. The first kappa shape index (κ1) is 33.9. The largest absolute Gasteiger partial charge is 0.493 e. The number of carbonyl (C=O) groups excluding carboxylic acids is 3. The second-order valence-corrected chi connectivity index (χ2v) is 12.0. The molecule has 8 nitrogen and oxygen atoms in total. The van der Waals surface area contributed by atoms with Crippen molar-refractivity contribution in [2.75, 3.05) is 24.9 Å². The topological polar surface area (TPSA) is 106 Å². The van der Waals surface area contributed by atoms with Crippen LogP contribution in [-0.4, -0.2) is 37.2 Å². The highest BCUT2D eigenvalue weighted by Crippen LogP contribution is 2.33. The van der Waals surface area contributed by atoms with E-state index in [1.54, 1.807) is 60.7 Å². The molecule has 0 saturated carbocycles. The van der Waals surface area contributed by atoms with Gasteiger partial charge in [-0.1, -0.05) is 69.3 Å². The van der Waals surface area contributed by atoms with Crippen molar-refractivity contribution >= 4 is 46.9 Å². The van der Waals surface area contributed by atoms with Gasteiger partial charge in [0.15, 0.2) is 11.5 Å². The number of hydrogen-bond acceptors (Lipinski definition) is 6. The molecule has 1 unspecified atom stereocenters. The number of ether oxygens (including phenoxy) is 2. The van der Waals surface area contributed by atoms with Crippen LogP contribution in [0.15, 0.2) is 108 Å². The van der Waals surface area contributed by atoms with Crippen LogP contribution in [0.25, 0.3) is 6.08 Å². The molecular weight excluding hydrogens is 598 g/mol. The van der Waals surface area contributed by atoms with E-state index >= 15 is 0 Å². The number of methoxy groups -OCH3 is 2. The first-order valence-corrected chi connectivity index (χ1v) is 15.9. The molecule has 0 aliphatic rings. The summed E-state index contributed by atoms with van der Waals surface area (Å²) in [6, 6.07) is 29.1. The van der Waals surface area contributed by atoms with Gasteiger partial charge in [0.25, 0.3) is 11.8 Å². The van der Waals surface area contributed by atoms with E-state index in [9.17, 15) is 14.4 Å². The Morgan fingerprint density at radius 2 is 1.52 bits per heavy atom. The zero-order chi connectivity index (χ0) is 33.1. The molecule has 0 aromatic heterocycles. The van der Waals surface area contributed by atoms with Crippen LogP contribution in [0.3, 0.4) is 0 Å². The number of rotatable bonds is 13. The quantitative estimate of drug-likeness (QED) is 0.102. The summed E-state index contributed by atoms with van der Waals surface area (Å²) in [5.41, 5.74) is 3.41. The highest BCUT2D eigenvalue weighted by molar-refractivity contribution is 8.00. The van der Waals surface area contributed by atoms with Crippen LogP contribution in [0.4, 0.5) is 11.4 Å². The maximum absolute atomic E-state index is 13.7. The number of thioether (sulfide) groups is 1. The molecule has 0 heterocycles. The molecule has 0 aliphatic carbocycles. The van der Waals surface area contributed by atoms with Crippen molar-refractivity contribution in [2.45, 2.75) is 43.3 Å². The van der Waals surface area contributed by atoms with Crippen LogP contribution in [0.1, 0.15) is 54.6 Å². The molecule has 9 heteroatoms. The van der Waals surface area contributed by atoms with Gasteiger partial charge < -0.3 is 25.4 Å². The van der Waals surface area contributed by atoms with Crippen molar-refractivity contribution < 1.29 is 23.9 Å². The van der Waals surface area contributed by atoms with Gasteiger partial charge in [-0.3, -0.25) is 14.4 Å². The Kier molecular flexibility index (Phi) is 12.0. The summed E-state index contributed by atoms with van der Waals surface area (Å²) in [5, 5.41) is 8.31. The molecular formula is C37H39N3O5S. The molecule has 3 N–H and O–H groups in total. The lowest BCUT2D eigenvalue weighted by Crippen LogP contribution is -2.30. The molecule has 0 aliphatic heterocycles. The van der Waals surface area contributed by atoms with Crippen molar-refractivity contribution in [1.82, 2.24) is 5.32 Å². The van der Waals surface area contributed by atoms with E-state index in [1.807, 2.05) is 49.4 Å². The highest BCUT2D eigenvalue weighted by Gasteiger charge is 2.20. The van der Waals surface area contributed by atoms with Gasteiger partial charge in [0.1, 0.15) is 5.70 Å². The summed E-state index contributed by atoms with van der Waals surface area (Å²) in [4.78, 5) is 40.7. The van der Waals surface area contributed by atoms with Gasteiger partial charge in [-0.25, -0.2) is 0 Å². The molecule has 4 aromatic rings. The predicted molar refractivity (Wildman–Crippen MR) is 186 cm³/mol. The summed E-state index contributed by atoms with van der Waals surface area (Å²) in [6.07, 6.45) is 2.15. The van der Waals surface area contributed by atoms with E-state index < -0.39 is 11.8 Å². The molecule has 0 bridgehead atoms. The Labute approximate surface area is 274 Å². The summed E-state index contributed by atoms with van der Waals surface area (Å²) in [5.74, 6) is 0.238. The molecule has 0 fully saturated rings. The third-order valence-corrected chi connectivity index (χ3v) is 8.50. The van der Waals surface area contributed by atoms with Crippen LogP contribution in [0.5, 0.6) is 11.5 Å². The van der Waals surface area contributed by atoms with Crippen molar-refractivity contribution in [3.8, 4) is 11.5 Å². The highest BCUT2D eigenvalue weighted by atomic mass is 32.2. The lowest BCUT2D eigenvalue weighted by atomic mass is 10.0. The third kappa shape index (κ3) is 9.01. The summed E-state index contributed by atoms with van der Waals surface area (Å²) < 4.78 is 11.0. The fraction of sp³-hybridized carbons (Fsp3) is 0.216. The second kappa shape index (κ2) is 16.3. The molecule has 0 radical (unpaired) electrons. The van der Waals surface area contributed by atoms with Gasteiger partial charge in [0.05, 0.1) is 19.5 Å². The van der Waals surface area contributed by atoms with Crippen LogP contribution < -0.4 is 25.4 Å². The maximum atomic E-state index is 13.7. The van der Waals surface area contributed by atoms with Crippen LogP contribution in [-0.2, 0) is 9.59 Å². The monoisotopic (exact) mass is 637 g/mol. The molecule has 3 amide bonds. The standard InChI is InChI=1S/C37H39N3O5S/c1-6-33(37(43)38-28-20-18-25(19-21-28)24(2)3)46-30-16-11-15-29(23-30)39-36(42)31(40-35(41)26-12-8-7-9-13-26)22-27-14-10-17-32(44-4)34(27)45-5/h7-24,33H,6H2,1-5H3,(H,38,43)(H,39,42)(H,40,41)/b31-22+. The summed E-state index contributed by atoms with van der Waals surface area (Å²) in [7, 11) is 3.03. The van der Waals surface area contributed by atoms with E-state index in [0.29, 0.717) is 40.7 Å². The number of carbonyl (C=O) groups is 3. The molecule has 46 heavy (non-hydrogen) atoms. The SMILES string of the molecule is CCC(Sc1cccc(NC(=O)/C(=C\c2cccc(OC)c2OC)NC(=O)c2ccccc2)c1)C(=O)Nc1ccc(C(C)C)cc1. The van der Waals surface area contributed by atoms with Gasteiger partial charge in [0.2, 0.25) is 5.91 Å². The van der Waals surface area contributed by atoms with Crippen molar-refractivity contribution in [3.05, 3.63) is 119 Å². The molecule has 4 rings (SSSR count). The van der Waals surface area contributed by atoms with E-state index in [1.165, 1.54) is 31.5 Å². The number of amides is 3. The molecule has 4 aromatic carbocycles. The minimum Gasteiger partial charge on any atom is -0.493 e. The summed E-state index contributed by atoms with van der Waals surface area (Å²) >= 11 is 1.42. The van der Waals surface area contributed by atoms with Gasteiger partial charge in [0, 0.05) is 27.4 Å². The molecule has 238 valence electrons. The minimum absolute atomic E-state index is 0.00719. The third-order valence-electron chi connectivity index (χ3n) is 7.14. The number of para-hydroxylation sites is 1. The van der Waals surface area contributed by atoms with Crippen LogP contribution in [0.2, 0.25) is 0 Å². The van der Waals surface area contributed by atoms with Gasteiger partial charge in [-0.05, 0) is 72.5 Å².